The van der Waals surface area contributed by atoms with Crippen molar-refractivity contribution in [3.63, 3.8) is 0 Å². The van der Waals surface area contributed by atoms with Crippen LogP contribution in [0.15, 0.2) is 11.7 Å². The highest BCUT2D eigenvalue weighted by atomic mass is 32.1. The molecular weight excluding hydrogens is 296 g/mol. The smallest absolute Gasteiger partial charge is 0.0798 e. The molecule has 0 bridgehead atoms. The van der Waals surface area contributed by atoms with Crippen LogP contribution in [0.2, 0.25) is 0 Å². The van der Waals surface area contributed by atoms with Gasteiger partial charge < -0.3 is 4.90 Å². The Morgan fingerprint density at radius 1 is 1.45 bits per heavy atom. The monoisotopic (exact) mass is 320 g/mol. The fourth-order valence-electron chi connectivity index (χ4n) is 3.12. The molecule has 7 heteroatoms. The number of aryl methyl sites for hydroxylation is 2. The largest absolute Gasteiger partial charge is 0.301 e. The fourth-order valence-corrected chi connectivity index (χ4v) is 3.97. The van der Waals surface area contributed by atoms with Crippen LogP contribution in [0.4, 0.5) is 0 Å². The van der Waals surface area contributed by atoms with Crippen molar-refractivity contribution in [2.75, 3.05) is 26.7 Å². The highest BCUT2D eigenvalue weighted by Crippen LogP contribution is 2.21. The molecule has 2 aromatic heterocycles. The molecule has 1 saturated heterocycles. The maximum absolute atomic E-state index is 4.33. The van der Waals surface area contributed by atoms with Crippen molar-refractivity contribution >= 4 is 11.3 Å². The quantitative estimate of drug-likeness (QED) is 0.808. The van der Waals surface area contributed by atoms with Crippen molar-refractivity contribution in [2.45, 2.75) is 26.4 Å². The average molecular weight is 320 g/mol. The Kier molecular flexibility index (Phi) is 4.85. The third-order valence-electron chi connectivity index (χ3n) is 4.39. The highest BCUT2D eigenvalue weighted by molar-refractivity contribution is 7.09. The molecule has 1 unspecified atom stereocenters. The van der Waals surface area contributed by atoms with Crippen molar-refractivity contribution in [3.8, 4) is 0 Å². The molecule has 0 radical (unpaired) electrons. The van der Waals surface area contributed by atoms with Crippen LogP contribution < -0.4 is 0 Å². The summed E-state index contributed by atoms with van der Waals surface area (Å²) in [5, 5.41) is 7.96. The van der Waals surface area contributed by atoms with Gasteiger partial charge in [-0.25, -0.2) is 4.98 Å². The summed E-state index contributed by atoms with van der Waals surface area (Å²) in [6.45, 7) is 7.55. The van der Waals surface area contributed by atoms with Gasteiger partial charge in [0.25, 0.3) is 0 Å². The van der Waals surface area contributed by atoms with E-state index in [0.29, 0.717) is 0 Å². The Labute approximate surface area is 135 Å². The van der Waals surface area contributed by atoms with Gasteiger partial charge in [0.2, 0.25) is 0 Å². The summed E-state index contributed by atoms with van der Waals surface area (Å²) in [5.74, 6) is 0.749. The van der Waals surface area contributed by atoms with E-state index in [4.69, 9.17) is 0 Å². The molecule has 0 N–H and O–H groups in total. The first-order chi connectivity index (χ1) is 10.6. The van der Waals surface area contributed by atoms with Crippen LogP contribution in [-0.2, 0) is 20.1 Å². The minimum atomic E-state index is 0.749. The second-order valence-corrected chi connectivity index (χ2v) is 7.24. The Morgan fingerprint density at radius 2 is 2.32 bits per heavy atom. The Bertz CT molecular complexity index is 607. The lowest BCUT2D eigenvalue weighted by atomic mass is 10.1. The third kappa shape index (κ3) is 3.71. The summed E-state index contributed by atoms with van der Waals surface area (Å²) < 4.78 is 1.87. The number of aromatic nitrogens is 4. The summed E-state index contributed by atoms with van der Waals surface area (Å²) in [6.07, 6.45) is 3.14. The Hall–Kier alpha value is -1.31. The van der Waals surface area contributed by atoms with Crippen LogP contribution >= 0.6 is 11.3 Å². The zero-order valence-electron chi connectivity index (χ0n) is 13.6. The molecule has 1 aliphatic heterocycles. The third-order valence-corrected chi connectivity index (χ3v) is 5.31. The van der Waals surface area contributed by atoms with Gasteiger partial charge in [-0.1, -0.05) is 5.21 Å². The lowest BCUT2D eigenvalue weighted by Gasteiger charge is -2.21. The number of hydrogen-bond donors (Lipinski definition) is 0. The second-order valence-electron chi connectivity index (χ2n) is 6.30. The number of likely N-dealkylation sites (tertiary alicyclic amines) is 1. The van der Waals surface area contributed by atoms with E-state index in [1.165, 1.54) is 29.2 Å². The van der Waals surface area contributed by atoms with E-state index in [-0.39, 0.29) is 0 Å². The predicted octanol–water partition coefficient (Wildman–Crippen LogP) is 1.53. The van der Waals surface area contributed by atoms with E-state index in [1.807, 2.05) is 23.4 Å². The number of nitrogens with zero attached hydrogens (tertiary/aromatic N) is 6. The molecule has 6 nitrogen and oxygen atoms in total. The van der Waals surface area contributed by atoms with Gasteiger partial charge in [-0.2, -0.15) is 0 Å². The molecule has 1 fully saturated rings. The van der Waals surface area contributed by atoms with E-state index in [2.05, 4.69) is 39.1 Å². The van der Waals surface area contributed by atoms with Crippen molar-refractivity contribution in [1.29, 1.82) is 0 Å². The van der Waals surface area contributed by atoms with Crippen LogP contribution in [0, 0.1) is 12.8 Å². The van der Waals surface area contributed by atoms with E-state index in [0.717, 1.165) is 32.1 Å². The molecule has 1 aliphatic rings. The normalized spacial score (nSPS) is 19.4. The van der Waals surface area contributed by atoms with Gasteiger partial charge in [-0.15, -0.1) is 16.4 Å². The molecule has 0 aliphatic carbocycles. The van der Waals surface area contributed by atoms with E-state index in [9.17, 15) is 0 Å². The van der Waals surface area contributed by atoms with Gasteiger partial charge in [0.05, 0.1) is 23.1 Å². The van der Waals surface area contributed by atoms with Crippen molar-refractivity contribution in [1.82, 2.24) is 29.8 Å². The lowest BCUT2D eigenvalue weighted by Crippen LogP contribution is -2.28. The maximum Gasteiger partial charge on any atom is 0.0798 e. The molecule has 120 valence electrons. The molecule has 1 atom stereocenters. The van der Waals surface area contributed by atoms with E-state index in [1.54, 1.807) is 11.3 Å². The number of thiazole rings is 1. The zero-order valence-corrected chi connectivity index (χ0v) is 14.4. The van der Waals surface area contributed by atoms with Crippen LogP contribution in [0.1, 0.15) is 22.7 Å². The SMILES string of the molecule is Cc1ncsc1CN(C)CC1CCN(Cc2cnnn2C)C1. The summed E-state index contributed by atoms with van der Waals surface area (Å²) in [7, 11) is 4.17. The fraction of sp³-hybridized carbons (Fsp3) is 0.667. The number of hydrogen-bond acceptors (Lipinski definition) is 6. The van der Waals surface area contributed by atoms with Gasteiger partial charge in [0, 0.05) is 38.1 Å². The molecule has 0 amide bonds. The minimum Gasteiger partial charge on any atom is -0.301 e. The standard InChI is InChI=1S/C15H24N6S/c1-12-15(22-11-16-12)10-19(2)7-13-4-5-21(8-13)9-14-6-17-18-20(14)3/h6,11,13H,4-5,7-10H2,1-3H3. The van der Waals surface area contributed by atoms with E-state index >= 15 is 0 Å². The topological polar surface area (TPSA) is 50.1 Å². The van der Waals surface area contributed by atoms with Crippen molar-refractivity contribution in [2.24, 2.45) is 13.0 Å². The van der Waals surface area contributed by atoms with Crippen LogP contribution in [0.5, 0.6) is 0 Å². The lowest BCUT2D eigenvalue weighted by molar-refractivity contribution is 0.253. The van der Waals surface area contributed by atoms with Crippen LogP contribution in [-0.4, -0.2) is 56.5 Å². The molecule has 0 aromatic carbocycles. The maximum atomic E-state index is 4.33. The zero-order chi connectivity index (χ0) is 15.5. The molecule has 3 heterocycles. The van der Waals surface area contributed by atoms with Crippen LogP contribution in [0.25, 0.3) is 0 Å². The Balaban J connectivity index is 1.46. The summed E-state index contributed by atoms with van der Waals surface area (Å²) in [5.41, 5.74) is 4.31. The van der Waals surface area contributed by atoms with E-state index < -0.39 is 0 Å². The average Bonchev–Trinajstić information content (AvgIpc) is 3.17. The first kappa shape index (κ1) is 15.6. The van der Waals surface area contributed by atoms with Gasteiger partial charge in [-0.3, -0.25) is 9.58 Å². The van der Waals surface area contributed by atoms with Crippen LogP contribution in [0.3, 0.4) is 0 Å². The molecular formula is C15H24N6S. The Morgan fingerprint density at radius 3 is 3.00 bits per heavy atom. The molecule has 0 saturated carbocycles. The van der Waals surface area contributed by atoms with Gasteiger partial charge in [-0.05, 0) is 32.9 Å². The molecule has 0 spiro atoms. The molecule has 22 heavy (non-hydrogen) atoms. The minimum absolute atomic E-state index is 0.749. The van der Waals surface area contributed by atoms with Gasteiger partial charge >= 0.3 is 0 Å². The molecule has 3 rings (SSSR count). The number of rotatable bonds is 6. The van der Waals surface area contributed by atoms with Crippen molar-refractivity contribution in [3.05, 3.63) is 28.0 Å². The first-order valence-electron chi connectivity index (χ1n) is 7.75. The van der Waals surface area contributed by atoms with Gasteiger partial charge in [0.1, 0.15) is 0 Å². The first-order valence-corrected chi connectivity index (χ1v) is 8.63. The van der Waals surface area contributed by atoms with Crippen molar-refractivity contribution < 1.29 is 0 Å². The summed E-state index contributed by atoms with van der Waals surface area (Å²) in [6, 6.07) is 0. The predicted molar refractivity (Wildman–Crippen MR) is 87.6 cm³/mol. The highest BCUT2D eigenvalue weighted by Gasteiger charge is 2.24. The molecule has 2 aromatic rings. The second kappa shape index (κ2) is 6.85. The summed E-state index contributed by atoms with van der Waals surface area (Å²) in [4.78, 5) is 10.7. The van der Waals surface area contributed by atoms with Gasteiger partial charge in [0.15, 0.2) is 0 Å². The summed E-state index contributed by atoms with van der Waals surface area (Å²) >= 11 is 1.76.